The average Bonchev–Trinajstić information content (AvgIpc) is 3.26. The van der Waals surface area contributed by atoms with Crippen LogP contribution < -0.4 is 10.1 Å². The zero-order valence-electron chi connectivity index (χ0n) is 19.4. The fourth-order valence-electron chi connectivity index (χ4n) is 3.85. The molecule has 1 N–H and O–H groups in total. The monoisotopic (exact) mass is 477 g/mol. The number of fused-ring (bicyclic) bond motifs is 1. The molecule has 1 aliphatic heterocycles. The van der Waals surface area contributed by atoms with Crippen molar-refractivity contribution in [3.05, 3.63) is 52.0 Å². The van der Waals surface area contributed by atoms with E-state index in [1.54, 1.807) is 41.5 Å². The second-order valence-corrected chi connectivity index (χ2v) is 9.27. The van der Waals surface area contributed by atoms with Gasteiger partial charge < -0.3 is 24.6 Å². The summed E-state index contributed by atoms with van der Waals surface area (Å²) in [6.45, 7) is 5.29. The minimum absolute atomic E-state index is 0.0391. The van der Waals surface area contributed by atoms with Crippen LogP contribution >= 0.6 is 11.3 Å². The summed E-state index contributed by atoms with van der Waals surface area (Å²) in [6.07, 6.45) is 1.38. The number of amides is 3. The fraction of sp³-hybridized carbons (Fsp3) is 0.500. The first-order valence-corrected chi connectivity index (χ1v) is 12.1. The molecule has 3 amide bonds. The molecule has 0 bridgehead atoms. The molecule has 33 heavy (non-hydrogen) atoms. The number of ether oxygens (including phenoxy) is 2. The van der Waals surface area contributed by atoms with Crippen LogP contribution in [0.4, 0.5) is 9.18 Å². The average molecular weight is 478 g/mol. The smallest absolute Gasteiger partial charge is 0.318 e. The van der Waals surface area contributed by atoms with Gasteiger partial charge >= 0.3 is 6.03 Å². The quantitative estimate of drug-likeness (QED) is 0.528. The van der Waals surface area contributed by atoms with E-state index < -0.39 is 5.82 Å². The van der Waals surface area contributed by atoms with Crippen molar-refractivity contribution in [1.82, 2.24) is 15.1 Å². The molecule has 1 atom stereocenters. The summed E-state index contributed by atoms with van der Waals surface area (Å²) in [7, 11) is 1.61. The minimum Gasteiger partial charge on any atom is -0.488 e. The van der Waals surface area contributed by atoms with E-state index in [2.05, 4.69) is 5.32 Å². The van der Waals surface area contributed by atoms with Crippen LogP contribution in [0.15, 0.2) is 35.7 Å². The number of nitrogens with zero attached hydrogens (tertiary/aromatic N) is 2. The molecule has 9 heteroatoms. The standard InChI is InChI=1S/C24H32FN3O4S/c1-17(2)26-24(30)27(11-6-13-31-3)15-23(29)28-12-9-22-18(10-14-33-22)20(28)16-32-21-8-5-4-7-19(21)25/h4-5,7-8,10,14,17,20H,6,9,11-13,15-16H2,1-3H3,(H,26,30). The molecule has 0 radical (unpaired) electrons. The number of carbonyl (C=O) groups is 2. The number of benzene rings is 1. The maximum atomic E-state index is 14.1. The van der Waals surface area contributed by atoms with Gasteiger partial charge in [-0.1, -0.05) is 12.1 Å². The summed E-state index contributed by atoms with van der Waals surface area (Å²) in [5.41, 5.74) is 1.02. The molecule has 1 aliphatic rings. The van der Waals surface area contributed by atoms with Crippen LogP contribution in [0, 0.1) is 5.82 Å². The van der Waals surface area contributed by atoms with Gasteiger partial charge in [0.15, 0.2) is 11.6 Å². The van der Waals surface area contributed by atoms with Gasteiger partial charge in [-0.25, -0.2) is 9.18 Å². The zero-order chi connectivity index (χ0) is 23.8. The third-order valence-corrected chi connectivity index (χ3v) is 6.45. The van der Waals surface area contributed by atoms with Gasteiger partial charge in [-0.2, -0.15) is 0 Å². The minimum atomic E-state index is -0.439. The van der Waals surface area contributed by atoms with Crippen LogP contribution in [0.1, 0.15) is 36.8 Å². The maximum absolute atomic E-state index is 14.1. The number of para-hydroxylation sites is 1. The summed E-state index contributed by atoms with van der Waals surface area (Å²) in [4.78, 5) is 30.6. The lowest BCUT2D eigenvalue weighted by Gasteiger charge is -2.37. The van der Waals surface area contributed by atoms with E-state index in [4.69, 9.17) is 9.47 Å². The summed E-state index contributed by atoms with van der Waals surface area (Å²) in [5.74, 6) is -0.443. The number of urea groups is 1. The molecular formula is C24H32FN3O4S. The summed E-state index contributed by atoms with van der Waals surface area (Å²) >= 11 is 1.65. The molecule has 1 aromatic heterocycles. The van der Waals surface area contributed by atoms with Crippen molar-refractivity contribution in [3.63, 3.8) is 0 Å². The highest BCUT2D eigenvalue weighted by Gasteiger charge is 2.33. The molecule has 7 nitrogen and oxygen atoms in total. The van der Waals surface area contributed by atoms with E-state index in [0.717, 1.165) is 12.0 Å². The normalized spacial score (nSPS) is 15.3. The molecule has 2 aromatic rings. The molecule has 0 fully saturated rings. The molecule has 0 spiro atoms. The predicted octanol–water partition coefficient (Wildman–Crippen LogP) is 3.85. The van der Waals surface area contributed by atoms with E-state index in [-0.39, 0.29) is 42.9 Å². The van der Waals surface area contributed by atoms with Gasteiger partial charge in [0, 0.05) is 37.7 Å². The lowest BCUT2D eigenvalue weighted by atomic mass is 10.0. The van der Waals surface area contributed by atoms with Gasteiger partial charge in [-0.15, -0.1) is 11.3 Å². The molecule has 3 rings (SSSR count). The Morgan fingerprint density at radius 1 is 1.30 bits per heavy atom. The van der Waals surface area contributed by atoms with Crippen LogP contribution in [-0.2, 0) is 16.0 Å². The topological polar surface area (TPSA) is 71.1 Å². The van der Waals surface area contributed by atoms with E-state index in [1.807, 2.05) is 25.3 Å². The van der Waals surface area contributed by atoms with Crippen molar-refractivity contribution in [2.45, 2.75) is 38.8 Å². The van der Waals surface area contributed by atoms with Gasteiger partial charge in [-0.05, 0) is 55.8 Å². The highest BCUT2D eigenvalue weighted by atomic mass is 32.1. The van der Waals surface area contributed by atoms with Crippen LogP contribution in [-0.4, -0.2) is 67.7 Å². The fourth-order valence-corrected chi connectivity index (χ4v) is 4.78. The largest absolute Gasteiger partial charge is 0.488 e. The van der Waals surface area contributed by atoms with E-state index in [9.17, 15) is 14.0 Å². The highest BCUT2D eigenvalue weighted by Crippen LogP contribution is 2.34. The number of carbonyl (C=O) groups excluding carboxylic acids is 2. The Hall–Kier alpha value is -2.65. The van der Waals surface area contributed by atoms with Crippen LogP contribution in [0.25, 0.3) is 0 Å². The Morgan fingerprint density at radius 3 is 2.82 bits per heavy atom. The molecular weight excluding hydrogens is 445 g/mol. The van der Waals surface area contributed by atoms with Gasteiger partial charge in [-0.3, -0.25) is 4.79 Å². The summed E-state index contributed by atoms with van der Waals surface area (Å²) < 4.78 is 25.0. The number of hydrogen-bond acceptors (Lipinski definition) is 5. The predicted molar refractivity (Wildman–Crippen MR) is 126 cm³/mol. The number of halogens is 1. The van der Waals surface area contributed by atoms with Gasteiger partial charge in [0.1, 0.15) is 13.2 Å². The molecule has 1 aromatic carbocycles. The van der Waals surface area contributed by atoms with Crippen molar-refractivity contribution in [1.29, 1.82) is 0 Å². The first kappa shape index (κ1) is 25.0. The van der Waals surface area contributed by atoms with Crippen molar-refractivity contribution in [2.24, 2.45) is 0 Å². The first-order valence-electron chi connectivity index (χ1n) is 11.2. The van der Waals surface area contributed by atoms with Gasteiger partial charge in [0.25, 0.3) is 0 Å². The van der Waals surface area contributed by atoms with E-state index in [1.165, 1.54) is 15.8 Å². The molecule has 0 saturated heterocycles. The third kappa shape index (κ3) is 6.68. The Bertz CT molecular complexity index is 936. The highest BCUT2D eigenvalue weighted by molar-refractivity contribution is 7.10. The molecule has 0 saturated carbocycles. The molecule has 180 valence electrons. The number of nitrogens with one attached hydrogen (secondary N) is 1. The summed E-state index contributed by atoms with van der Waals surface area (Å²) in [6, 6.07) is 7.58. The Kier molecular flexibility index (Phi) is 9.08. The summed E-state index contributed by atoms with van der Waals surface area (Å²) in [5, 5.41) is 4.87. The number of hydrogen-bond donors (Lipinski definition) is 1. The van der Waals surface area contributed by atoms with E-state index in [0.29, 0.717) is 26.1 Å². The van der Waals surface area contributed by atoms with E-state index >= 15 is 0 Å². The Morgan fingerprint density at radius 2 is 2.09 bits per heavy atom. The van der Waals surface area contributed by atoms with Crippen LogP contribution in [0.5, 0.6) is 5.75 Å². The Balaban J connectivity index is 1.75. The van der Waals surface area contributed by atoms with Crippen molar-refractivity contribution in [2.75, 3.05) is 40.0 Å². The first-order chi connectivity index (χ1) is 15.9. The SMILES string of the molecule is COCCCN(CC(=O)N1CCc2sccc2C1COc1ccccc1F)C(=O)NC(C)C. The number of rotatable bonds is 10. The second kappa shape index (κ2) is 12.0. The second-order valence-electron chi connectivity index (χ2n) is 8.27. The van der Waals surface area contributed by atoms with Crippen LogP contribution in [0.2, 0.25) is 0 Å². The van der Waals surface area contributed by atoms with Crippen molar-refractivity contribution < 1.29 is 23.5 Å². The van der Waals surface area contributed by atoms with Gasteiger partial charge in [0.05, 0.1) is 6.04 Å². The zero-order valence-corrected chi connectivity index (χ0v) is 20.2. The maximum Gasteiger partial charge on any atom is 0.318 e. The lowest BCUT2D eigenvalue weighted by Crippen LogP contribution is -2.51. The third-order valence-electron chi connectivity index (χ3n) is 5.45. The molecule has 1 unspecified atom stereocenters. The van der Waals surface area contributed by atoms with Crippen LogP contribution in [0.3, 0.4) is 0 Å². The van der Waals surface area contributed by atoms with Gasteiger partial charge in [0.2, 0.25) is 5.91 Å². The number of thiophene rings is 1. The molecule has 0 aliphatic carbocycles. The van der Waals surface area contributed by atoms with Crippen molar-refractivity contribution >= 4 is 23.3 Å². The lowest BCUT2D eigenvalue weighted by molar-refractivity contribution is -0.135. The molecule has 2 heterocycles. The van der Waals surface area contributed by atoms with Crippen molar-refractivity contribution in [3.8, 4) is 5.75 Å². The number of methoxy groups -OCH3 is 1. The Labute approximate surface area is 198 Å².